The van der Waals surface area contributed by atoms with E-state index in [-0.39, 0.29) is 21.5 Å². The Bertz CT molecular complexity index is 1110. The molecule has 8 heteroatoms. The molecule has 0 atom stereocenters. The summed E-state index contributed by atoms with van der Waals surface area (Å²) in [5, 5.41) is 2.97. The highest BCUT2D eigenvalue weighted by Gasteiger charge is 2.19. The minimum Gasteiger partial charge on any atom is -0.372 e. The molecule has 0 spiro atoms. The number of halogens is 3. The predicted octanol–water partition coefficient (Wildman–Crippen LogP) is 5.17. The van der Waals surface area contributed by atoms with Gasteiger partial charge in [0.05, 0.1) is 35.2 Å². The van der Waals surface area contributed by atoms with E-state index in [1.165, 1.54) is 18.2 Å². The average Bonchev–Trinajstić information content (AvgIpc) is 2.77. The van der Waals surface area contributed by atoms with Gasteiger partial charge in [-0.3, -0.25) is 9.98 Å². The molecule has 4 rings (SSSR count). The third kappa shape index (κ3) is 3.96. The summed E-state index contributed by atoms with van der Waals surface area (Å²) in [4.78, 5) is 17.3. The standard InChI is InChI=1S/C19H14ClF2N5.C2H6/c1-23-19-15-13(26-18(27-19)14-9-24-7-8-25-14)6-5-11(17(15)22)10-3-2-4-12(21)16(10)20;1-2/h2-6,9H,7-8H2,1H3,(H,23,26,27);1-2H3. The lowest BCUT2D eigenvalue weighted by Gasteiger charge is -2.13. The van der Waals surface area contributed by atoms with E-state index in [2.05, 4.69) is 25.3 Å². The van der Waals surface area contributed by atoms with Crippen LogP contribution in [0.2, 0.25) is 5.02 Å². The Labute approximate surface area is 172 Å². The smallest absolute Gasteiger partial charge is 0.181 e. The van der Waals surface area contributed by atoms with Gasteiger partial charge in [0.2, 0.25) is 0 Å². The van der Waals surface area contributed by atoms with Crippen molar-refractivity contribution in [2.45, 2.75) is 13.8 Å². The lowest BCUT2D eigenvalue weighted by molar-refractivity contribution is 0.627. The van der Waals surface area contributed by atoms with Gasteiger partial charge in [0, 0.05) is 18.2 Å². The Morgan fingerprint density at radius 3 is 2.48 bits per heavy atom. The van der Waals surface area contributed by atoms with Gasteiger partial charge >= 0.3 is 0 Å². The van der Waals surface area contributed by atoms with E-state index in [0.29, 0.717) is 36.0 Å². The number of rotatable bonds is 3. The molecule has 0 fully saturated rings. The van der Waals surface area contributed by atoms with Crippen molar-refractivity contribution in [3.05, 3.63) is 52.8 Å². The summed E-state index contributed by atoms with van der Waals surface area (Å²) in [5.41, 5.74) is 1.40. The van der Waals surface area contributed by atoms with Crippen molar-refractivity contribution in [2.24, 2.45) is 9.98 Å². The fourth-order valence-corrected chi connectivity index (χ4v) is 3.18. The maximum absolute atomic E-state index is 15.3. The number of nitrogens with one attached hydrogen (secondary N) is 1. The molecule has 0 aliphatic carbocycles. The molecule has 0 amide bonds. The van der Waals surface area contributed by atoms with E-state index >= 15 is 4.39 Å². The summed E-state index contributed by atoms with van der Waals surface area (Å²) in [5.74, 6) is -0.506. The van der Waals surface area contributed by atoms with Crippen LogP contribution in [0.4, 0.5) is 14.6 Å². The fourth-order valence-electron chi connectivity index (χ4n) is 2.95. The Morgan fingerprint density at radius 2 is 1.79 bits per heavy atom. The summed E-state index contributed by atoms with van der Waals surface area (Å²) in [6.07, 6.45) is 1.61. The molecule has 0 bridgehead atoms. The van der Waals surface area contributed by atoms with Crippen LogP contribution in [0.5, 0.6) is 0 Å². The first-order valence-corrected chi connectivity index (χ1v) is 9.65. The lowest BCUT2D eigenvalue weighted by atomic mass is 10.0. The first-order valence-electron chi connectivity index (χ1n) is 9.27. The largest absolute Gasteiger partial charge is 0.372 e. The number of aliphatic imine (C=N–C) groups is 2. The molecule has 2 aromatic carbocycles. The number of aromatic nitrogens is 2. The van der Waals surface area contributed by atoms with Crippen molar-refractivity contribution in [3.8, 4) is 11.1 Å². The van der Waals surface area contributed by atoms with E-state index in [1.54, 1.807) is 25.4 Å². The zero-order chi connectivity index (χ0) is 21.0. The van der Waals surface area contributed by atoms with Crippen LogP contribution < -0.4 is 5.32 Å². The third-order valence-electron chi connectivity index (χ3n) is 4.23. The molecule has 0 unspecified atom stereocenters. The Hall–Kier alpha value is -2.93. The predicted molar refractivity (Wildman–Crippen MR) is 116 cm³/mol. The molecule has 0 saturated heterocycles. The van der Waals surface area contributed by atoms with Crippen LogP contribution in [0, 0.1) is 11.6 Å². The topological polar surface area (TPSA) is 62.5 Å². The van der Waals surface area contributed by atoms with Crippen molar-refractivity contribution >= 4 is 40.2 Å². The summed E-state index contributed by atoms with van der Waals surface area (Å²) in [6, 6.07) is 7.47. The number of fused-ring (bicyclic) bond motifs is 1. The molecule has 2 heterocycles. The normalized spacial score (nSPS) is 13.0. The van der Waals surface area contributed by atoms with Crippen molar-refractivity contribution < 1.29 is 8.78 Å². The minimum absolute atomic E-state index is 0.132. The van der Waals surface area contributed by atoms with Crippen molar-refractivity contribution in [2.75, 3.05) is 25.5 Å². The number of nitrogens with zero attached hydrogens (tertiary/aromatic N) is 4. The molecule has 1 aromatic heterocycles. The third-order valence-corrected chi connectivity index (χ3v) is 4.62. The van der Waals surface area contributed by atoms with Crippen LogP contribution in [0.1, 0.15) is 19.7 Å². The SMILES string of the molecule is CC.CNc1nc(C2=NCCN=C2)nc2ccc(-c3cccc(F)c3Cl)c(F)c12. The molecule has 150 valence electrons. The second kappa shape index (κ2) is 9.05. The highest BCUT2D eigenvalue weighted by Crippen LogP contribution is 2.36. The van der Waals surface area contributed by atoms with E-state index in [1.807, 2.05) is 13.8 Å². The zero-order valence-corrected chi connectivity index (χ0v) is 17.1. The van der Waals surface area contributed by atoms with Crippen LogP contribution in [0.15, 0.2) is 40.3 Å². The molecule has 1 aliphatic heterocycles. The first kappa shape index (κ1) is 20.8. The molecule has 0 radical (unpaired) electrons. The van der Waals surface area contributed by atoms with Gasteiger partial charge < -0.3 is 5.32 Å². The molecular weight excluding hydrogens is 396 g/mol. The van der Waals surface area contributed by atoms with Crippen LogP contribution >= 0.6 is 11.6 Å². The highest BCUT2D eigenvalue weighted by molar-refractivity contribution is 6.37. The molecule has 5 nitrogen and oxygen atoms in total. The van der Waals surface area contributed by atoms with E-state index < -0.39 is 11.6 Å². The fraction of sp³-hybridized carbons (Fsp3) is 0.238. The maximum atomic E-state index is 15.3. The van der Waals surface area contributed by atoms with Gasteiger partial charge in [-0.15, -0.1) is 0 Å². The van der Waals surface area contributed by atoms with Gasteiger partial charge in [0.25, 0.3) is 0 Å². The molecule has 1 aliphatic rings. The lowest BCUT2D eigenvalue weighted by Crippen LogP contribution is -2.15. The van der Waals surface area contributed by atoms with Gasteiger partial charge in [-0.2, -0.15) is 0 Å². The first-order chi connectivity index (χ1) is 14.1. The number of anilines is 1. The average molecular weight is 416 g/mol. The number of hydrogen-bond donors (Lipinski definition) is 1. The molecule has 29 heavy (non-hydrogen) atoms. The highest BCUT2D eigenvalue weighted by atomic mass is 35.5. The van der Waals surface area contributed by atoms with Gasteiger partial charge in [0.15, 0.2) is 5.82 Å². The van der Waals surface area contributed by atoms with E-state index in [0.717, 1.165) is 0 Å². The second-order valence-corrected chi connectivity index (χ2v) is 6.25. The van der Waals surface area contributed by atoms with Crippen molar-refractivity contribution in [3.63, 3.8) is 0 Å². The van der Waals surface area contributed by atoms with Gasteiger partial charge in [-0.1, -0.05) is 37.6 Å². The Kier molecular flexibility index (Phi) is 6.49. The van der Waals surface area contributed by atoms with Gasteiger partial charge in [-0.05, 0) is 18.2 Å². The van der Waals surface area contributed by atoms with Crippen molar-refractivity contribution in [1.29, 1.82) is 0 Å². The Balaban J connectivity index is 0.00000117. The summed E-state index contributed by atoms with van der Waals surface area (Å²) >= 11 is 6.03. The summed E-state index contributed by atoms with van der Waals surface area (Å²) < 4.78 is 29.1. The van der Waals surface area contributed by atoms with Gasteiger partial charge in [0.1, 0.15) is 23.2 Å². The van der Waals surface area contributed by atoms with Gasteiger partial charge in [-0.25, -0.2) is 18.7 Å². The second-order valence-electron chi connectivity index (χ2n) is 5.87. The summed E-state index contributed by atoms with van der Waals surface area (Å²) in [7, 11) is 1.64. The Morgan fingerprint density at radius 1 is 1.00 bits per heavy atom. The monoisotopic (exact) mass is 415 g/mol. The van der Waals surface area contributed by atoms with Crippen LogP contribution in [-0.4, -0.2) is 42.0 Å². The zero-order valence-electron chi connectivity index (χ0n) is 16.3. The summed E-state index contributed by atoms with van der Waals surface area (Å²) in [6.45, 7) is 5.19. The minimum atomic E-state index is -0.608. The molecule has 1 N–H and O–H groups in total. The molecular formula is C21H20ClF2N5. The van der Waals surface area contributed by atoms with Crippen molar-refractivity contribution in [1.82, 2.24) is 9.97 Å². The van der Waals surface area contributed by atoms with Crippen LogP contribution in [0.3, 0.4) is 0 Å². The quantitative estimate of drug-likeness (QED) is 0.641. The maximum Gasteiger partial charge on any atom is 0.181 e. The van der Waals surface area contributed by atoms with E-state index in [9.17, 15) is 4.39 Å². The molecule has 3 aromatic rings. The number of benzene rings is 2. The van der Waals surface area contributed by atoms with E-state index in [4.69, 9.17) is 11.6 Å². The number of hydrogen-bond acceptors (Lipinski definition) is 5. The molecule has 0 saturated carbocycles. The van der Waals surface area contributed by atoms with Crippen LogP contribution in [0.25, 0.3) is 22.0 Å². The van der Waals surface area contributed by atoms with Crippen LogP contribution in [-0.2, 0) is 0 Å².